The minimum absolute atomic E-state index is 0.00176. The second kappa shape index (κ2) is 10.7. The molecule has 2 nitrogen and oxygen atoms in total. The van der Waals surface area contributed by atoms with Gasteiger partial charge in [-0.05, 0) is 40.7 Å². The van der Waals surface area contributed by atoms with Gasteiger partial charge in [0.15, 0.2) is 5.78 Å². The summed E-state index contributed by atoms with van der Waals surface area (Å²) in [5.41, 5.74) is 2.87. The van der Waals surface area contributed by atoms with Crippen LogP contribution in [0.3, 0.4) is 0 Å². The maximum atomic E-state index is 13.9. The Bertz CT molecular complexity index is 1330. The summed E-state index contributed by atoms with van der Waals surface area (Å²) in [5, 5.41) is 12.2. The molecule has 36 heavy (non-hydrogen) atoms. The lowest BCUT2D eigenvalue weighted by Gasteiger charge is -2.29. The van der Waals surface area contributed by atoms with E-state index < -0.39 is 11.5 Å². The van der Waals surface area contributed by atoms with Crippen LogP contribution in [0.15, 0.2) is 133 Å². The molecule has 0 radical (unpaired) electrons. The molecule has 0 aromatic heterocycles. The minimum Gasteiger partial charge on any atom is -0.385 e. The number of allylic oxidation sites excluding steroid dienone is 1. The molecule has 0 spiro atoms. The maximum absolute atomic E-state index is 13.9. The molecule has 1 aliphatic carbocycles. The van der Waals surface area contributed by atoms with Crippen molar-refractivity contribution in [2.24, 2.45) is 5.92 Å². The van der Waals surface area contributed by atoms with E-state index in [-0.39, 0.29) is 17.6 Å². The minimum atomic E-state index is -1.30. The van der Waals surface area contributed by atoms with Crippen LogP contribution in [-0.4, -0.2) is 16.5 Å². The highest BCUT2D eigenvalue weighted by Crippen LogP contribution is 2.55. The summed E-state index contributed by atoms with van der Waals surface area (Å²) >= 11 is 0. The number of hydrogen-bond donors (Lipinski definition) is 1. The smallest absolute Gasteiger partial charge is 0.162 e. The quantitative estimate of drug-likeness (QED) is 0.288. The van der Waals surface area contributed by atoms with Gasteiger partial charge in [0.1, 0.15) is 0 Å². The number of carbonyl (C=O) groups is 1. The molecule has 1 saturated carbocycles. The van der Waals surface area contributed by atoms with Crippen LogP contribution >= 0.6 is 0 Å². The lowest BCUT2D eigenvalue weighted by Crippen LogP contribution is -2.37. The van der Waals surface area contributed by atoms with Gasteiger partial charge in [0, 0.05) is 5.92 Å². The summed E-state index contributed by atoms with van der Waals surface area (Å²) < 4.78 is 0. The Hall–Kier alpha value is -4.01. The molecule has 1 fully saturated rings. The predicted octanol–water partition coefficient (Wildman–Crippen LogP) is 7.30. The second-order valence-corrected chi connectivity index (χ2v) is 9.52. The van der Waals surface area contributed by atoms with Crippen LogP contribution in [0.25, 0.3) is 12.2 Å². The molecule has 4 aromatic rings. The average molecular weight is 471 g/mol. The largest absolute Gasteiger partial charge is 0.385 e. The summed E-state index contributed by atoms with van der Waals surface area (Å²) in [4.78, 5) is 13.9. The van der Waals surface area contributed by atoms with Crippen molar-refractivity contribution in [1.29, 1.82) is 0 Å². The number of benzene rings is 4. The second-order valence-electron chi connectivity index (χ2n) is 9.52. The first-order valence-corrected chi connectivity index (χ1v) is 12.5. The molecule has 0 heterocycles. The van der Waals surface area contributed by atoms with Gasteiger partial charge in [-0.2, -0.15) is 0 Å². The van der Waals surface area contributed by atoms with E-state index in [1.54, 1.807) is 6.08 Å². The van der Waals surface area contributed by atoms with E-state index in [9.17, 15) is 9.90 Å². The molecule has 4 aromatic carbocycles. The van der Waals surface area contributed by atoms with Gasteiger partial charge in [-0.25, -0.2) is 0 Å². The zero-order valence-electron chi connectivity index (χ0n) is 20.2. The molecular formula is C34H30O2. The third-order valence-electron chi connectivity index (χ3n) is 7.20. The Balaban J connectivity index is 1.60. The molecule has 2 heteroatoms. The van der Waals surface area contributed by atoms with Crippen LogP contribution in [-0.2, 0) is 4.79 Å². The van der Waals surface area contributed by atoms with E-state index in [0.717, 1.165) is 22.3 Å². The van der Waals surface area contributed by atoms with E-state index in [1.165, 1.54) is 0 Å². The number of rotatable bonds is 7. The van der Waals surface area contributed by atoms with Crippen LogP contribution < -0.4 is 0 Å². The molecule has 0 aliphatic heterocycles. The average Bonchev–Trinajstić information content (AvgIpc) is 3.26. The Morgan fingerprint density at radius 2 is 1.14 bits per heavy atom. The van der Waals surface area contributed by atoms with Crippen molar-refractivity contribution >= 4 is 17.9 Å². The molecule has 1 aliphatic rings. The zero-order chi connectivity index (χ0) is 24.8. The zero-order valence-corrected chi connectivity index (χ0v) is 20.2. The van der Waals surface area contributed by atoms with Crippen LogP contribution in [0.2, 0.25) is 0 Å². The topological polar surface area (TPSA) is 37.3 Å². The highest BCUT2D eigenvalue weighted by Gasteiger charge is 2.54. The molecule has 0 bridgehead atoms. The maximum Gasteiger partial charge on any atom is 0.162 e. The lowest BCUT2D eigenvalue weighted by molar-refractivity contribution is -0.123. The normalized spacial score (nSPS) is 23.9. The van der Waals surface area contributed by atoms with E-state index in [2.05, 4.69) is 24.3 Å². The van der Waals surface area contributed by atoms with Gasteiger partial charge in [-0.1, -0.05) is 140 Å². The summed E-state index contributed by atoms with van der Waals surface area (Å²) in [7, 11) is 0. The molecule has 178 valence electrons. The van der Waals surface area contributed by atoms with Gasteiger partial charge in [-0.15, -0.1) is 0 Å². The summed E-state index contributed by atoms with van der Waals surface area (Å²) in [6.07, 6.45) is 7.75. The third-order valence-corrected chi connectivity index (χ3v) is 7.20. The van der Waals surface area contributed by atoms with Crippen LogP contribution in [0.5, 0.6) is 0 Å². The van der Waals surface area contributed by atoms with Gasteiger partial charge in [0.05, 0.1) is 11.5 Å². The molecular weight excluding hydrogens is 440 g/mol. The fourth-order valence-corrected chi connectivity index (χ4v) is 5.52. The molecule has 4 unspecified atom stereocenters. The van der Waals surface area contributed by atoms with Crippen molar-refractivity contribution in [2.45, 2.75) is 23.9 Å². The highest BCUT2D eigenvalue weighted by molar-refractivity contribution is 5.97. The van der Waals surface area contributed by atoms with Crippen LogP contribution in [0, 0.1) is 5.92 Å². The highest BCUT2D eigenvalue weighted by atomic mass is 16.3. The van der Waals surface area contributed by atoms with Crippen LogP contribution in [0.4, 0.5) is 0 Å². The first-order chi connectivity index (χ1) is 17.6. The fourth-order valence-electron chi connectivity index (χ4n) is 5.52. The van der Waals surface area contributed by atoms with E-state index >= 15 is 0 Å². The first-order valence-electron chi connectivity index (χ1n) is 12.5. The molecule has 5 rings (SSSR count). The standard InChI is InChI=1S/C34H30O2/c35-31(22-21-26-13-5-1-6-14-26)33-32(29-19-11-4-12-20-29)30(28-17-9-3-10-18-28)25-34(33,36)24-23-27-15-7-2-8-16-27/h1-24,30,32-33,36H,25H2/b22-21+,24-23+. The number of hydrogen-bond acceptors (Lipinski definition) is 2. The van der Waals surface area contributed by atoms with Crippen molar-refractivity contribution in [3.05, 3.63) is 156 Å². The Labute approximate surface area is 213 Å². The molecule has 4 atom stereocenters. The predicted molar refractivity (Wildman–Crippen MR) is 147 cm³/mol. The SMILES string of the molecule is O=C(/C=C/c1ccccc1)C1C(c2ccccc2)C(c2ccccc2)CC1(O)/C=C/c1ccccc1. The van der Waals surface area contributed by atoms with Gasteiger partial charge in [0.25, 0.3) is 0 Å². The first kappa shape index (κ1) is 23.7. The van der Waals surface area contributed by atoms with Crippen molar-refractivity contribution in [1.82, 2.24) is 0 Å². The molecule has 0 saturated heterocycles. The Morgan fingerprint density at radius 1 is 0.667 bits per heavy atom. The van der Waals surface area contributed by atoms with Crippen molar-refractivity contribution < 1.29 is 9.90 Å². The summed E-state index contributed by atoms with van der Waals surface area (Å²) in [6, 6.07) is 40.2. The summed E-state index contributed by atoms with van der Waals surface area (Å²) in [6.45, 7) is 0. The Morgan fingerprint density at radius 3 is 1.69 bits per heavy atom. The van der Waals surface area contributed by atoms with Crippen LogP contribution in [0.1, 0.15) is 40.5 Å². The summed E-state index contributed by atoms with van der Waals surface area (Å²) in [5.74, 6) is -0.846. The van der Waals surface area contributed by atoms with Gasteiger partial charge in [-0.3, -0.25) is 4.79 Å². The van der Waals surface area contributed by atoms with E-state index in [4.69, 9.17) is 0 Å². The van der Waals surface area contributed by atoms with Crippen molar-refractivity contribution in [3.63, 3.8) is 0 Å². The van der Waals surface area contributed by atoms with Gasteiger partial charge >= 0.3 is 0 Å². The van der Waals surface area contributed by atoms with Crippen molar-refractivity contribution in [3.8, 4) is 0 Å². The Kier molecular flexibility index (Phi) is 7.06. The van der Waals surface area contributed by atoms with E-state index in [0.29, 0.717) is 6.42 Å². The molecule has 1 N–H and O–H groups in total. The van der Waals surface area contributed by atoms with Gasteiger partial charge < -0.3 is 5.11 Å². The van der Waals surface area contributed by atoms with Crippen molar-refractivity contribution in [2.75, 3.05) is 0 Å². The fraction of sp³-hybridized carbons (Fsp3) is 0.147. The van der Waals surface area contributed by atoms with E-state index in [1.807, 2.05) is 115 Å². The lowest BCUT2D eigenvalue weighted by atomic mass is 9.76. The number of aliphatic hydroxyl groups is 1. The molecule has 0 amide bonds. The monoisotopic (exact) mass is 470 g/mol. The van der Waals surface area contributed by atoms with Gasteiger partial charge in [0.2, 0.25) is 0 Å². The third kappa shape index (κ3) is 5.15. The number of ketones is 1. The number of carbonyl (C=O) groups excluding carboxylic acids is 1.